The van der Waals surface area contributed by atoms with Crippen LogP contribution in [-0.2, 0) is 16.1 Å². The molecule has 9 heteroatoms. The molecule has 1 aromatic heterocycles. The fraction of sp³-hybridized carbons (Fsp3) is 0.240. The number of rotatable bonds is 6. The maximum absolute atomic E-state index is 14.7. The predicted molar refractivity (Wildman–Crippen MR) is 126 cm³/mol. The Kier molecular flexibility index (Phi) is 6.79. The number of allylic oxidation sites excluding steroid dienone is 3. The van der Waals surface area contributed by atoms with Crippen molar-refractivity contribution in [3.8, 4) is 10.4 Å². The lowest BCUT2D eigenvalue weighted by molar-refractivity contribution is -0.112. The van der Waals surface area contributed by atoms with Crippen LogP contribution >= 0.6 is 11.3 Å². The number of aryl methyl sites for hydroxylation is 1. The second kappa shape index (κ2) is 9.61. The summed E-state index contributed by atoms with van der Waals surface area (Å²) in [4.78, 5) is 15.3. The van der Waals surface area contributed by atoms with E-state index in [-0.39, 0.29) is 35.5 Å². The van der Waals surface area contributed by atoms with Crippen LogP contribution in [0.3, 0.4) is 0 Å². The minimum Gasteiger partial charge on any atom is -0.389 e. The maximum Gasteiger partial charge on any atom is 0.255 e. The highest BCUT2D eigenvalue weighted by Gasteiger charge is 2.29. The first-order valence-corrected chi connectivity index (χ1v) is 11.4. The fourth-order valence-electron chi connectivity index (χ4n) is 3.90. The van der Waals surface area contributed by atoms with Crippen LogP contribution in [-0.4, -0.2) is 35.7 Å². The Balaban J connectivity index is 1.72. The van der Waals surface area contributed by atoms with Gasteiger partial charge in [0, 0.05) is 46.8 Å². The fourth-order valence-corrected chi connectivity index (χ4v) is 4.94. The zero-order valence-electron chi connectivity index (χ0n) is 18.8. The first-order chi connectivity index (χ1) is 16.2. The van der Waals surface area contributed by atoms with E-state index in [1.54, 1.807) is 22.6 Å². The third kappa shape index (κ3) is 4.34. The Bertz CT molecular complexity index is 1270. The highest BCUT2D eigenvalue weighted by Crippen LogP contribution is 2.39. The summed E-state index contributed by atoms with van der Waals surface area (Å²) in [6, 6.07) is 2.98. The summed E-state index contributed by atoms with van der Waals surface area (Å²) < 4.78 is 48.5. The second-order valence-corrected chi connectivity index (χ2v) is 8.91. The van der Waals surface area contributed by atoms with Crippen LogP contribution in [0.2, 0.25) is 0 Å². The Morgan fingerprint density at radius 3 is 2.76 bits per heavy atom. The molecule has 0 radical (unpaired) electrons. The van der Waals surface area contributed by atoms with Crippen molar-refractivity contribution in [2.45, 2.75) is 26.6 Å². The molecule has 0 saturated heterocycles. The quantitative estimate of drug-likeness (QED) is 0.576. The molecule has 178 valence electrons. The average molecular weight is 489 g/mol. The van der Waals surface area contributed by atoms with Gasteiger partial charge in [0.1, 0.15) is 5.83 Å². The molecule has 34 heavy (non-hydrogen) atoms. The van der Waals surface area contributed by atoms with E-state index in [9.17, 15) is 23.1 Å². The first kappa shape index (κ1) is 24.0. The molecule has 0 aliphatic carbocycles. The number of hydrogen-bond acceptors (Lipinski definition) is 5. The summed E-state index contributed by atoms with van der Waals surface area (Å²) in [6.07, 6.45) is 4.97. The molecule has 1 amide bonds. The Morgan fingerprint density at radius 2 is 2.06 bits per heavy atom. The number of aliphatic hydroxyl groups is 1. The molecule has 0 fully saturated rings. The summed E-state index contributed by atoms with van der Waals surface area (Å²) in [7, 11) is 1.46. The number of fused-ring (bicyclic) bond motifs is 1. The van der Waals surface area contributed by atoms with Crippen LogP contribution in [0.4, 0.5) is 18.9 Å². The maximum atomic E-state index is 14.7. The summed E-state index contributed by atoms with van der Waals surface area (Å²) >= 11 is 1.14. The van der Waals surface area contributed by atoms with Gasteiger partial charge in [-0.05, 0) is 43.2 Å². The molecule has 2 N–H and O–H groups in total. The van der Waals surface area contributed by atoms with E-state index in [2.05, 4.69) is 5.32 Å². The van der Waals surface area contributed by atoms with E-state index in [1.807, 2.05) is 0 Å². The van der Waals surface area contributed by atoms with Crippen molar-refractivity contribution in [3.05, 3.63) is 87.4 Å². The van der Waals surface area contributed by atoms with Crippen LogP contribution in [0.5, 0.6) is 0 Å². The molecular weight excluding hydrogens is 465 g/mol. The van der Waals surface area contributed by atoms with Gasteiger partial charge >= 0.3 is 0 Å². The molecule has 2 aromatic rings. The number of methoxy groups -OCH3 is 1. The van der Waals surface area contributed by atoms with Gasteiger partial charge in [0.05, 0.1) is 24.1 Å². The smallest absolute Gasteiger partial charge is 0.255 e. The molecule has 0 saturated carbocycles. The lowest BCUT2D eigenvalue weighted by Gasteiger charge is -2.32. The molecule has 1 atom stereocenters. The van der Waals surface area contributed by atoms with Crippen LogP contribution < -0.4 is 5.32 Å². The molecule has 2 aliphatic rings. The van der Waals surface area contributed by atoms with Gasteiger partial charge in [0.2, 0.25) is 0 Å². The first-order valence-electron chi connectivity index (χ1n) is 10.5. The number of anilines is 1. The van der Waals surface area contributed by atoms with E-state index in [0.717, 1.165) is 11.3 Å². The summed E-state index contributed by atoms with van der Waals surface area (Å²) in [5.74, 6) is -2.95. The monoisotopic (exact) mass is 488 g/mol. The van der Waals surface area contributed by atoms with Crippen molar-refractivity contribution < 1.29 is 27.8 Å². The highest BCUT2D eigenvalue weighted by atomic mass is 32.1. The Labute approximate surface area is 199 Å². The van der Waals surface area contributed by atoms with Gasteiger partial charge in [-0.1, -0.05) is 12.1 Å². The molecule has 0 bridgehead atoms. The number of amides is 1. The van der Waals surface area contributed by atoms with Gasteiger partial charge in [-0.15, -0.1) is 11.3 Å². The molecular formula is C25H23F3N2O3S. The van der Waals surface area contributed by atoms with Crippen LogP contribution in [0.1, 0.15) is 18.1 Å². The number of nitrogens with zero attached hydrogens (tertiary/aromatic N) is 1. The molecule has 4 rings (SSSR count). The van der Waals surface area contributed by atoms with Gasteiger partial charge in [-0.25, -0.2) is 13.2 Å². The Morgan fingerprint density at radius 1 is 1.29 bits per heavy atom. The lowest BCUT2D eigenvalue weighted by Crippen LogP contribution is -2.32. The van der Waals surface area contributed by atoms with Crippen molar-refractivity contribution in [2.75, 3.05) is 19.0 Å². The van der Waals surface area contributed by atoms with E-state index in [0.29, 0.717) is 21.7 Å². The van der Waals surface area contributed by atoms with Crippen molar-refractivity contribution >= 4 is 22.9 Å². The predicted octanol–water partition coefficient (Wildman–Crippen LogP) is 5.34. The number of thiophene rings is 1. The van der Waals surface area contributed by atoms with Crippen molar-refractivity contribution in [2.24, 2.45) is 0 Å². The zero-order valence-corrected chi connectivity index (χ0v) is 19.6. The number of hydrogen-bond donors (Lipinski definition) is 2. The largest absolute Gasteiger partial charge is 0.389 e. The van der Waals surface area contributed by atoms with E-state index in [1.165, 1.54) is 45.2 Å². The number of carbonyl (C=O) groups is 1. The standard InChI is InChI=1S/C25H23F3N2O3S/c1-13-6-7-15(23(28)22(13)27)24-18(11-33-3)20(12-34-24)29-25(32)16-9-21-19(26)5-4-8-30(21)10-17(16)14(2)31/h4-9,12,14,31H,10-11H2,1-3H3,(H,29,32). The van der Waals surface area contributed by atoms with Crippen LogP contribution in [0, 0.1) is 18.6 Å². The van der Waals surface area contributed by atoms with E-state index >= 15 is 0 Å². The highest BCUT2D eigenvalue weighted by molar-refractivity contribution is 7.14. The SMILES string of the molecule is COCc1c(NC(=O)C2=C(C(C)O)CN3C=CC=C(F)C3=C2)csc1-c1ccc(C)c(F)c1F. The number of aliphatic hydroxyl groups excluding tert-OH is 1. The number of nitrogens with one attached hydrogen (secondary N) is 1. The molecule has 1 aromatic carbocycles. The third-order valence-electron chi connectivity index (χ3n) is 5.73. The summed E-state index contributed by atoms with van der Waals surface area (Å²) in [5.41, 5.74) is 1.90. The number of benzene rings is 1. The molecule has 5 nitrogen and oxygen atoms in total. The van der Waals surface area contributed by atoms with Gasteiger partial charge in [-0.2, -0.15) is 0 Å². The van der Waals surface area contributed by atoms with E-state index in [4.69, 9.17) is 4.74 Å². The number of halogens is 3. The average Bonchev–Trinajstić information content (AvgIpc) is 3.19. The number of carbonyl (C=O) groups excluding carboxylic acids is 1. The minimum atomic E-state index is -0.971. The van der Waals surface area contributed by atoms with Crippen molar-refractivity contribution in [1.29, 1.82) is 0 Å². The van der Waals surface area contributed by atoms with Gasteiger partial charge in [0.25, 0.3) is 5.91 Å². The summed E-state index contributed by atoms with van der Waals surface area (Å²) in [6.45, 7) is 3.21. The van der Waals surface area contributed by atoms with Gasteiger partial charge < -0.3 is 20.1 Å². The zero-order chi connectivity index (χ0) is 24.6. The Hall–Kier alpha value is -3.14. The van der Waals surface area contributed by atoms with E-state index < -0.39 is 29.5 Å². The molecule has 3 heterocycles. The molecule has 2 aliphatic heterocycles. The van der Waals surface area contributed by atoms with Crippen molar-refractivity contribution in [3.63, 3.8) is 0 Å². The minimum absolute atomic E-state index is 0.0444. The third-order valence-corrected chi connectivity index (χ3v) is 6.79. The van der Waals surface area contributed by atoms with Crippen LogP contribution in [0.25, 0.3) is 10.4 Å². The van der Waals surface area contributed by atoms with Crippen molar-refractivity contribution in [1.82, 2.24) is 4.90 Å². The van der Waals surface area contributed by atoms with Gasteiger partial charge in [0.15, 0.2) is 11.6 Å². The second-order valence-electron chi connectivity index (χ2n) is 8.03. The molecule has 1 unspecified atom stereocenters. The lowest BCUT2D eigenvalue weighted by atomic mass is 9.96. The summed E-state index contributed by atoms with van der Waals surface area (Å²) in [5, 5.41) is 14.7. The number of ether oxygens (including phenoxy) is 1. The van der Waals surface area contributed by atoms with Gasteiger partial charge in [-0.3, -0.25) is 4.79 Å². The topological polar surface area (TPSA) is 61.8 Å². The normalized spacial score (nSPS) is 16.3. The van der Waals surface area contributed by atoms with Crippen LogP contribution in [0.15, 0.2) is 64.6 Å². The molecule has 0 spiro atoms.